The fourth-order valence-corrected chi connectivity index (χ4v) is 1.65. The molecule has 19 heavy (non-hydrogen) atoms. The van der Waals surface area contributed by atoms with Crippen LogP contribution >= 0.6 is 0 Å². The zero-order chi connectivity index (χ0) is 14.5. The van der Waals surface area contributed by atoms with Crippen LogP contribution in [-0.4, -0.2) is 19.5 Å². The molecular formula is C17H30O2. The summed E-state index contributed by atoms with van der Waals surface area (Å²) in [4.78, 5) is 0. The Labute approximate surface area is 119 Å². The summed E-state index contributed by atoms with van der Waals surface area (Å²) in [6.07, 6.45) is 11.6. The van der Waals surface area contributed by atoms with Crippen LogP contribution in [0.25, 0.3) is 0 Å². The van der Waals surface area contributed by atoms with E-state index < -0.39 is 0 Å². The molecule has 0 aliphatic rings. The molecule has 0 radical (unpaired) electrons. The first-order valence-electron chi connectivity index (χ1n) is 7.29. The summed E-state index contributed by atoms with van der Waals surface area (Å²) in [6.45, 7) is 11.8. The highest BCUT2D eigenvalue weighted by molar-refractivity contribution is 5.11. The van der Waals surface area contributed by atoms with E-state index in [0.29, 0.717) is 13.2 Å². The van der Waals surface area contributed by atoms with E-state index in [2.05, 4.69) is 45.1 Å². The van der Waals surface area contributed by atoms with Gasteiger partial charge in [-0.2, -0.15) is 0 Å². The van der Waals surface area contributed by atoms with Crippen LogP contribution in [0.1, 0.15) is 53.9 Å². The molecule has 0 unspecified atom stereocenters. The summed E-state index contributed by atoms with van der Waals surface area (Å²) in [5.41, 5.74) is 2.79. The molecule has 0 amide bonds. The maximum atomic E-state index is 5.48. The standard InChI is InChI=1S/C17H30O2/c1-6-18-17(19-7-2)14-9-8-12-16(5)13-10-11-15(3)4/h8-9,11-12,17H,6-7,10,13-14H2,1-5H3. The van der Waals surface area contributed by atoms with Crippen LogP contribution in [0.5, 0.6) is 0 Å². The van der Waals surface area contributed by atoms with E-state index in [1.807, 2.05) is 13.8 Å². The second-order valence-corrected chi connectivity index (χ2v) is 4.84. The van der Waals surface area contributed by atoms with Gasteiger partial charge < -0.3 is 9.47 Å². The Balaban J connectivity index is 3.99. The van der Waals surface area contributed by atoms with Crippen LogP contribution < -0.4 is 0 Å². The molecular weight excluding hydrogens is 236 g/mol. The molecule has 0 spiro atoms. The first-order valence-corrected chi connectivity index (χ1v) is 7.29. The highest BCUT2D eigenvalue weighted by Gasteiger charge is 2.03. The molecule has 0 saturated carbocycles. The minimum atomic E-state index is -0.106. The Morgan fingerprint density at radius 2 is 1.68 bits per heavy atom. The SMILES string of the molecule is CCOC(CC=CC=C(C)CCC=C(C)C)OCC. The van der Waals surface area contributed by atoms with Crippen molar-refractivity contribution in [1.82, 2.24) is 0 Å². The topological polar surface area (TPSA) is 18.5 Å². The zero-order valence-corrected chi connectivity index (χ0v) is 13.2. The summed E-state index contributed by atoms with van der Waals surface area (Å²) >= 11 is 0. The van der Waals surface area contributed by atoms with Gasteiger partial charge in [0, 0.05) is 19.6 Å². The molecule has 0 aromatic carbocycles. The van der Waals surface area contributed by atoms with Gasteiger partial charge in [-0.05, 0) is 47.5 Å². The fourth-order valence-electron chi connectivity index (χ4n) is 1.65. The lowest BCUT2D eigenvalue weighted by Gasteiger charge is -2.14. The predicted octanol–water partition coefficient (Wildman–Crippen LogP) is 5.02. The fraction of sp³-hybridized carbons (Fsp3) is 0.647. The van der Waals surface area contributed by atoms with Gasteiger partial charge in [0.05, 0.1) is 0 Å². The van der Waals surface area contributed by atoms with Gasteiger partial charge in [0.1, 0.15) is 0 Å². The molecule has 0 fully saturated rings. The van der Waals surface area contributed by atoms with E-state index in [0.717, 1.165) is 19.3 Å². The van der Waals surface area contributed by atoms with E-state index in [-0.39, 0.29) is 6.29 Å². The van der Waals surface area contributed by atoms with Gasteiger partial charge in [-0.3, -0.25) is 0 Å². The van der Waals surface area contributed by atoms with E-state index in [1.54, 1.807) is 0 Å². The first-order chi connectivity index (χ1) is 9.10. The lowest BCUT2D eigenvalue weighted by molar-refractivity contribution is -0.133. The van der Waals surface area contributed by atoms with Crippen molar-refractivity contribution in [2.24, 2.45) is 0 Å². The number of rotatable bonds is 10. The molecule has 0 aliphatic heterocycles. The van der Waals surface area contributed by atoms with Crippen LogP contribution in [0.4, 0.5) is 0 Å². The second kappa shape index (κ2) is 12.2. The van der Waals surface area contributed by atoms with Crippen molar-refractivity contribution in [3.63, 3.8) is 0 Å². The van der Waals surface area contributed by atoms with Crippen LogP contribution in [0.3, 0.4) is 0 Å². The third-order valence-electron chi connectivity index (χ3n) is 2.64. The number of hydrogen-bond donors (Lipinski definition) is 0. The number of hydrogen-bond acceptors (Lipinski definition) is 2. The minimum absolute atomic E-state index is 0.106. The Kier molecular flexibility index (Phi) is 11.6. The average molecular weight is 266 g/mol. The van der Waals surface area contributed by atoms with E-state index in [4.69, 9.17) is 9.47 Å². The first kappa shape index (κ1) is 18.1. The molecule has 0 saturated heterocycles. The molecule has 0 aromatic rings. The van der Waals surface area contributed by atoms with Crippen molar-refractivity contribution in [1.29, 1.82) is 0 Å². The normalized spacial score (nSPS) is 12.4. The largest absolute Gasteiger partial charge is 0.353 e. The van der Waals surface area contributed by atoms with E-state index in [1.165, 1.54) is 11.1 Å². The number of ether oxygens (including phenoxy) is 2. The summed E-state index contributed by atoms with van der Waals surface area (Å²) in [5.74, 6) is 0. The van der Waals surface area contributed by atoms with Crippen molar-refractivity contribution in [3.05, 3.63) is 35.5 Å². The maximum Gasteiger partial charge on any atom is 0.160 e. The summed E-state index contributed by atoms with van der Waals surface area (Å²) in [6, 6.07) is 0. The minimum Gasteiger partial charge on any atom is -0.353 e. The van der Waals surface area contributed by atoms with Crippen LogP contribution in [0.15, 0.2) is 35.5 Å². The van der Waals surface area contributed by atoms with Crippen molar-refractivity contribution in [2.75, 3.05) is 13.2 Å². The highest BCUT2D eigenvalue weighted by Crippen LogP contribution is 2.07. The smallest absolute Gasteiger partial charge is 0.160 e. The third-order valence-corrected chi connectivity index (χ3v) is 2.64. The average Bonchev–Trinajstić information content (AvgIpc) is 2.34. The van der Waals surface area contributed by atoms with Gasteiger partial charge in [0.25, 0.3) is 0 Å². The lowest BCUT2D eigenvalue weighted by atomic mass is 10.1. The van der Waals surface area contributed by atoms with Crippen molar-refractivity contribution >= 4 is 0 Å². The summed E-state index contributed by atoms with van der Waals surface area (Å²) < 4.78 is 11.0. The Morgan fingerprint density at radius 3 is 2.21 bits per heavy atom. The van der Waals surface area contributed by atoms with Gasteiger partial charge in [-0.1, -0.05) is 35.5 Å². The van der Waals surface area contributed by atoms with E-state index in [9.17, 15) is 0 Å². The van der Waals surface area contributed by atoms with Crippen molar-refractivity contribution in [2.45, 2.75) is 60.2 Å². The Morgan fingerprint density at radius 1 is 1.05 bits per heavy atom. The van der Waals surface area contributed by atoms with Crippen LogP contribution in [0, 0.1) is 0 Å². The molecule has 0 heterocycles. The molecule has 0 aromatic heterocycles. The summed E-state index contributed by atoms with van der Waals surface area (Å²) in [7, 11) is 0. The maximum absolute atomic E-state index is 5.48. The van der Waals surface area contributed by atoms with E-state index >= 15 is 0 Å². The van der Waals surface area contributed by atoms with Gasteiger partial charge in [-0.15, -0.1) is 0 Å². The quantitative estimate of drug-likeness (QED) is 0.314. The molecule has 0 aliphatic carbocycles. The second-order valence-electron chi connectivity index (χ2n) is 4.84. The molecule has 0 bridgehead atoms. The molecule has 0 N–H and O–H groups in total. The third kappa shape index (κ3) is 11.9. The molecule has 0 atom stereocenters. The van der Waals surface area contributed by atoms with Crippen LogP contribution in [0.2, 0.25) is 0 Å². The number of allylic oxidation sites excluding steroid dienone is 5. The Hall–Kier alpha value is -0.860. The zero-order valence-electron chi connectivity index (χ0n) is 13.2. The summed E-state index contributed by atoms with van der Waals surface area (Å²) in [5, 5.41) is 0. The van der Waals surface area contributed by atoms with Gasteiger partial charge in [-0.25, -0.2) is 0 Å². The predicted molar refractivity (Wildman–Crippen MR) is 83.2 cm³/mol. The van der Waals surface area contributed by atoms with Crippen molar-refractivity contribution < 1.29 is 9.47 Å². The molecule has 2 nitrogen and oxygen atoms in total. The van der Waals surface area contributed by atoms with Gasteiger partial charge in [0.15, 0.2) is 6.29 Å². The molecule has 110 valence electrons. The van der Waals surface area contributed by atoms with Gasteiger partial charge in [0.2, 0.25) is 0 Å². The lowest BCUT2D eigenvalue weighted by Crippen LogP contribution is -2.16. The molecule has 2 heteroatoms. The van der Waals surface area contributed by atoms with Crippen molar-refractivity contribution in [3.8, 4) is 0 Å². The highest BCUT2D eigenvalue weighted by atomic mass is 16.7. The van der Waals surface area contributed by atoms with Gasteiger partial charge >= 0.3 is 0 Å². The monoisotopic (exact) mass is 266 g/mol. The molecule has 0 rings (SSSR count). The van der Waals surface area contributed by atoms with Crippen LogP contribution in [-0.2, 0) is 9.47 Å². The Bertz CT molecular complexity index is 290.